The van der Waals surface area contributed by atoms with E-state index < -0.39 is 0 Å². The van der Waals surface area contributed by atoms with E-state index in [4.69, 9.17) is 11.5 Å². The quantitative estimate of drug-likeness (QED) is 0.703. The number of pyridine rings is 1. The molecule has 72 valence electrons. The zero-order valence-electron chi connectivity index (χ0n) is 8.09. The molecule has 0 spiro atoms. The Balaban J connectivity index is 2.89. The average Bonchev–Trinajstić information content (AvgIpc) is 2.13. The molecule has 0 unspecified atom stereocenters. The van der Waals surface area contributed by atoms with Crippen molar-refractivity contribution in [2.45, 2.75) is 19.8 Å². The summed E-state index contributed by atoms with van der Waals surface area (Å²) in [5.74, 6) is 0. The van der Waals surface area contributed by atoms with Crippen molar-refractivity contribution >= 4 is 0 Å². The first-order chi connectivity index (χ1) is 6.29. The number of hydrogen-bond acceptors (Lipinski definition) is 3. The maximum Gasteiger partial charge on any atom is 0.0303 e. The van der Waals surface area contributed by atoms with Crippen LogP contribution in [0, 0.1) is 6.92 Å². The fraction of sp³-hybridized carbons (Fsp3) is 0.500. The van der Waals surface area contributed by atoms with Gasteiger partial charge in [0.1, 0.15) is 0 Å². The van der Waals surface area contributed by atoms with Crippen molar-refractivity contribution in [3.05, 3.63) is 29.1 Å². The highest BCUT2D eigenvalue weighted by Crippen LogP contribution is 2.12. The summed E-state index contributed by atoms with van der Waals surface area (Å²) in [6.45, 7) is 3.46. The van der Waals surface area contributed by atoms with Gasteiger partial charge in [-0.05, 0) is 49.5 Å². The van der Waals surface area contributed by atoms with Crippen molar-refractivity contribution in [2.75, 3.05) is 13.1 Å². The van der Waals surface area contributed by atoms with Gasteiger partial charge in [0, 0.05) is 12.4 Å². The van der Waals surface area contributed by atoms with Gasteiger partial charge in [-0.25, -0.2) is 0 Å². The molecule has 1 heterocycles. The fourth-order valence-corrected chi connectivity index (χ4v) is 1.43. The van der Waals surface area contributed by atoms with Gasteiger partial charge in [0.2, 0.25) is 0 Å². The molecular weight excluding hydrogens is 162 g/mol. The van der Waals surface area contributed by atoms with Crippen LogP contribution in [0.25, 0.3) is 0 Å². The Labute approximate surface area is 79.2 Å². The molecule has 0 saturated carbocycles. The van der Waals surface area contributed by atoms with E-state index in [1.807, 2.05) is 12.4 Å². The highest BCUT2D eigenvalue weighted by atomic mass is 14.6. The standard InChI is InChI=1S/C10H17N3/c1-8-9(2-4-11)6-13-7-10(8)3-5-12/h6-7H,2-5,11-12H2,1H3. The minimum atomic E-state index is 0.675. The Hall–Kier alpha value is -0.930. The molecule has 0 aliphatic rings. The molecule has 1 aromatic heterocycles. The second-order valence-corrected chi connectivity index (χ2v) is 3.16. The molecule has 1 rings (SSSR count). The third-order valence-corrected chi connectivity index (χ3v) is 2.25. The van der Waals surface area contributed by atoms with Crippen LogP contribution in [-0.2, 0) is 12.8 Å². The Morgan fingerprint density at radius 1 is 1.08 bits per heavy atom. The van der Waals surface area contributed by atoms with Crippen LogP contribution in [0.4, 0.5) is 0 Å². The number of aromatic nitrogens is 1. The van der Waals surface area contributed by atoms with E-state index in [1.54, 1.807) is 0 Å². The Bertz CT molecular complexity index is 247. The van der Waals surface area contributed by atoms with E-state index in [9.17, 15) is 0 Å². The van der Waals surface area contributed by atoms with E-state index in [2.05, 4.69) is 11.9 Å². The van der Waals surface area contributed by atoms with Crippen LogP contribution in [0.3, 0.4) is 0 Å². The number of rotatable bonds is 4. The molecule has 0 radical (unpaired) electrons. The summed E-state index contributed by atoms with van der Waals surface area (Å²) in [5.41, 5.74) is 14.8. The van der Waals surface area contributed by atoms with Gasteiger partial charge in [-0.1, -0.05) is 0 Å². The zero-order chi connectivity index (χ0) is 9.68. The lowest BCUT2D eigenvalue weighted by atomic mass is 10.0. The smallest absolute Gasteiger partial charge is 0.0303 e. The summed E-state index contributed by atoms with van der Waals surface area (Å²) in [6.07, 6.45) is 5.58. The molecule has 3 nitrogen and oxygen atoms in total. The van der Waals surface area contributed by atoms with Crippen LogP contribution in [0.15, 0.2) is 12.4 Å². The van der Waals surface area contributed by atoms with Gasteiger partial charge in [-0.2, -0.15) is 0 Å². The lowest BCUT2D eigenvalue weighted by Crippen LogP contribution is -2.09. The molecule has 0 amide bonds. The SMILES string of the molecule is Cc1c(CCN)cncc1CCN. The van der Waals surface area contributed by atoms with Gasteiger partial charge in [0.25, 0.3) is 0 Å². The first-order valence-corrected chi connectivity index (χ1v) is 4.62. The Kier molecular flexibility index (Phi) is 3.86. The van der Waals surface area contributed by atoms with Gasteiger partial charge < -0.3 is 11.5 Å². The molecule has 13 heavy (non-hydrogen) atoms. The normalized spacial score (nSPS) is 10.4. The largest absolute Gasteiger partial charge is 0.330 e. The van der Waals surface area contributed by atoms with Crippen LogP contribution in [0.1, 0.15) is 16.7 Å². The Morgan fingerprint density at radius 3 is 1.92 bits per heavy atom. The van der Waals surface area contributed by atoms with Crippen molar-refractivity contribution in [2.24, 2.45) is 11.5 Å². The monoisotopic (exact) mass is 179 g/mol. The van der Waals surface area contributed by atoms with E-state index in [1.165, 1.54) is 16.7 Å². The minimum Gasteiger partial charge on any atom is -0.330 e. The molecule has 3 heteroatoms. The summed E-state index contributed by atoms with van der Waals surface area (Å²) in [4.78, 5) is 4.17. The van der Waals surface area contributed by atoms with E-state index in [-0.39, 0.29) is 0 Å². The highest BCUT2D eigenvalue weighted by molar-refractivity contribution is 5.30. The number of nitrogens with two attached hydrogens (primary N) is 2. The third-order valence-electron chi connectivity index (χ3n) is 2.25. The van der Waals surface area contributed by atoms with E-state index in [0.29, 0.717) is 13.1 Å². The van der Waals surface area contributed by atoms with Crippen LogP contribution in [-0.4, -0.2) is 18.1 Å². The predicted octanol–water partition coefficient (Wildman–Crippen LogP) is 0.392. The average molecular weight is 179 g/mol. The number of nitrogens with zero attached hydrogens (tertiary/aromatic N) is 1. The molecule has 4 N–H and O–H groups in total. The van der Waals surface area contributed by atoms with Gasteiger partial charge in [0.15, 0.2) is 0 Å². The van der Waals surface area contributed by atoms with Crippen molar-refractivity contribution < 1.29 is 0 Å². The lowest BCUT2D eigenvalue weighted by molar-refractivity contribution is 0.905. The molecule has 0 fully saturated rings. The first kappa shape index (κ1) is 10.2. The molecule has 0 aliphatic carbocycles. The summed E-state index contributed by atoms with van der Waals surface area (Å²) in [6, 6.07) is 0. The van der Waals surface area contributed by atoms with Crippen LogP contribution in [0.5, 0.6) is 0 Å². The van der Waals surface area contributed by atoms with Crippen LogP contribution < -0.4 is 11.5 Å². The van der Waals surface area contributed by atoms with Crippen molar-refractivity contribution in [3.8, 4) is 0 Å². The van der Waals surface area contributed by atoms with Gasteiger partial charge >= 0.3 is 0 Å². The second kappa shape index (κ2) is 4.94. The zero-order valence-corrected chi connectivity index (χ0v) is 8.09. The van der Waals surface area contributed by atoms with Gasteiger partial charge in [0.05, 0.1) is 0 Å². The van der Waals surface area contributed by atoms with E-state index >= 15 is 0 Å². The second-order valence-electron chi connectivity index (χ2n) is 3.16. The first-order valence-electron chi connectivity index (χ1n) is 4.62. The minimum absolute atomic E-state index is 0.675. The summed E-state index contributed by atoms with van der Waals surface area (Å²) < 4.78 is 0. The molecular formula is C10H17N3. The van der Waals surface area contributed by atoms with Gasteiger partial charge in [-0.3, -0.25) is 4.98 Å². The predicted molar refractivity (Wildman–Crippen MR) is 54.5 cm³/mol. The summed E-state index contributed by atoms with van der Waals surface area (Å²) in [7, 11) is 0. The van der Waals surface area contributed by atoms with Crippen molar-refractivity contribution in [1.29, 1.82) is 0 Å². The van der Waals surface area contributed by atoms with Crippen molar-refractivity contribution in [1.82, 2.24) is 4.98 Å². The number of hydrogen-bond donors (Lipinski definition) is 2. The molecule has 0 aliphatic heterocycles. The topological polar surface area (TPSA) is 64.9 Å². The maximum atomic E-state index is 5.50. The molecule has 0 saturated heterocycles. The lowest BCUT2D eigenvalue weighted by Gasteiger charge is -2.08. The van der Waals surface area contributed by atoms with Crippen LogP contribution >= 0.6 is 0 Å². The maximum absolute atomic E-state index is 5.50. The molecule has 0 atom stereocenters. The molecule has 0 bridgehead atoms. The molecule has 1 aromatic rings. The van der Waals surface area contributed by atoms with Crippen LogP contribution in [0.2, 0.25) is 0 Å². The van der Waals surface area contributed by atoms with E-state index in [0.717, 1.165) is 12.8 Å². The van der Waals surface area contributed by atoms with Crippen molar-refractivity contribution in [3.63, 3.8) is 0 Å². The van der Waals surface area contributed by atoms with Gasteiger partial charge in [-0.15, -0.1) is 0 Å². The third kappa shape index (κ3) is 2.50. The molecule has 0 aromatic carbocycles. The highest BCUT2D eigenvalue weighted by Gasteiger charge is 2.02. The fourth-order valence-electron chi connectivity index (χ4n) is 1.43. The Morgan fingerprint density at radius 2 is 1.54 bits per heavy atom. The summed E-state index contributed by atoms with van der Waals surface area (Å²) >= 11 is 0. The summed E-state index contributed by atoms with van der Waals surface area (Å²) in [5, 5.41) is 0.